The molecule has 0 radical (unpaired) electrons. The van der Waals surface area contributed by atoms with Crippen LogP contribution in [-0.2, 0) is 33.5 Å². The van der Waals surface area contributed by atoms with Crippen LogP contribution in [0.1, 0.15) is 47.1 Å². The first kappa shape index (κ1) is 26.3. The number of hydrogen-bond donors (Lipinski definition) is 0. The van der Waals surface area contributed by atoms with Gasteiger partial charge < -0.3 is 14.2 Å². The number of alkyl halides is 3. The Balaban J connectivity index is 1.75. The lowest BCUT2D eigenvalue weighted by molar-refractivity contribution is -0.140. The maximum atomic E-state index is 13.2. The summed E-state index contributed by atoms with van der Waals surface area (Å²) in [5.41, 5.74) is -0.792. The van der Waals surface area contributed by atoms with Gasteiger partial charge in [-0.2, -0.15) is 13.2 Å². The minimum atomic E-state index is -4.59. The molecule has 0 saturated carbocycles. The molecule has 0 unspecified atom stereocenters. The van der Waals surface area contributed by atoms with Gasteiger partial charge in [-0.25, -0.2) is 4.79 Å². The normalized spacial score (nSPS) is 11.7. The monoisotopic (exact) mass is 506 g/mol. The van der Waals surface area contributed by atoms with Gasteiger partial charge in [-0.15, -0.1) is 11.3 Å². The maximum absolute atomic E-state index is 13.2. The van der Waals surface area contributed by atoms with Crippen LogP contribution in [0.25, 0.3) is 10.4 Å². The van der Waals surface area contributed by atoms with E-state index in [1.165, 1.54) is 24.5 Å². The third kappa shape index (κ3) is 7.32. The third-order valence-corrected chi connectivity index (χ3v) is 5.93. The third-order valence-electron chi connectivity index (χ3n) is 4.80. The summed E-state index contributed by atoms with van der Waals surface area (Å²) in [7, 11) is 1.34. The van der Waals surface area contributed by atoms with Gasteiger partial charge in [0.05, 0.1) is 24.7 Å². The van der Waals surface area contributed by atoms with Gasteiger partial charge in [0.1, 0.15) is 18.0 Å². The quantitative estimate of drug-likeness (QED) is 0.335. The highest BCUT2D eigenvalue weighted by atomic mass is 32.1. The number of halogens is 3. The zero-order valence-electron chi connectivity index (χ0n) is 19.7. The molecule has 0 saturated heterocycles. The number of rotatable bonds is 7. The second-order valence-electron chi connectivity index (χ2n) is 8.70. The molecule has 0 aliphatic rings. The van der Waals surface area contributed by atoms with Crippen molar-refractivity contribution in [1.29, 1.82) is 0 Å². The van der Waals surface area contributed by atoms with E-state index < -0.39 is 23.3 Å². The van der Waals surface area contributed by atoms with Crippen LogP contribution < -0.4 is 4.74 Å². The van der Waals surface area contributed by atoms with Crippen LogP contribution in [0.2, 0.25) is 0 Å². The maximum Gasteiger partial charge on any atom is 0.416 e. The molecule has 3 aromatic rings. The van der Waals surface area contributed by atoms with Gasteiger partial charge in [0.2, 0.25) is 0 Å². The second-order valence-corrected chi connectivity index (χ2v) is 9.87. The van der Waals surface area contributed by atoms with E-state index in [2.05, 4.69) is 4.74 Å². The van der Waals surface area contributed by atoms with Gasteiger partial charge >= 0.3 is 18.1 Å². The van der Waals surface area contributed by atoms with Crippen molar-refractivity contribution in [1.82, 2.24) is 0 Å². The minimum absolute atomic E-state index is 0.117. The van der Waals surface area contributed by atoms with Crippen LogP contribution in [0, 0.1) is 0 Å². The standard InChI is InChI=1S/C26H25F3O5S/c1-25(2,3)34-24(31)21-13-18(26(27,28)29)8-5-17(21)15-33-19-9-6-16(7-10-19)22-12-11-20(35-22)14-23(30)32-4/h5-13H,14-15H2,1-4H3. The fraction of sp³-hybridized carbons (Fsp3) is 0.308. The van der Waals surface area contributed by atoms with Gasteiger partial charge in [0.25, 0.3) is 0 Å². The summed E-state index contributed by atoms with van der Waals surface area (Å²) in [4.78, 5) is 25.9. The molecule has 1 heterocycles. The highest BCUT2D eigenvalue weighted by Gasteiger charge is 2.32. The van der Waals surface area contributed by atoms with E-state index in [1.807, 2.05) is 24.3 Å². The number of benzene rings is 2. The molecule has 5 nitrogen and oxygen atoms in total. The van der Waals surface area contributed by atoms with Crippen molar-refractivity contribution in [2.45, 2.75) is 45.6 Å². The number of esters is 2. The lowest BCUT2D eigenvalue weighted by Crippen LogP contribution is -2.25. The largest absolute Gasteiger partial charge is 0.489 e. The van der Waals surface area contributed by atoms with Gasteiger partial charge in [-0.3, -0.25) is 4.79 Å². The van der Waals surface area contributed by atoms with E-state index in [-0.39, 0.29) is 30.1 Å². The average molecular weight is 507 g/mol. The smallest absolute Gasteiger partial charge is 0.416 e. The second kappa shape index (κ2) is 10.5. The summed E-state index contributed by atoms with van der Waals surface area (Å²) in [6, 6.07) is 13.8. The van der Waals surface area contributed by atoms with E-state index in [0.717, 1.165) is 27.5 Å². The van der Waals surface area contributed by atoms with Crippen molar-refractivity contribution in [3.05, 3.63) is 76.2 Å². The fourth-order valence-corrected chi connectivity index (χ4v) is 4.12. The van der Waals surface area contributed by atoms with Crippen molar-refractivity contribution in [2.75, 3.05) is 7.11 Å². The number of hydrogen-bond acceptors (Lipinski definition) is 6. The van der Waals surface area contributed by atoms with Crippen LogP contribution in [-0.4, -0.2) is 24.6 Å². The molecule has 0 aliphatic heterocycles. The summed E-state index contributed by atoms with van der Waals surface area (Å²) >= 11 is 1.47. The van der Waals surface area contributed by atoms with Crippen molar-refractivity contribution < 1.29 is 37.0 Å². The molecule has 0 N–H and O–H groups in total. The highest BCUT2D eigenvalue weighted by Crippen LogP contribution is 2.32. The average Bonchev–Trinajstić information content (AvgIpc) is 3.24. The molecule has 2 aromatic carbocycles. The zero-order valence-corrected chi connectivity index (χ0v) is 20.5. The van der Waals surface area contributed by atoms with Crippen LogP contribution in [0.15, 0.2) is 54.6 Å². The Morgan fingerprint density at radius 3 is 2.23 bits per heavy atom. The number of ether oxygens (including phenoxy) is 3. The number of carbonyl (C=O) groups is 2. The van der Waals surface area contributed by atoms with Crippen LogP contribution in [0.4, 0.5) is 13.2 Å². The van der Waals surface area contributed by atoms with Gasteiger partial charge in [-0.1, -0.05) is 6.07 Å². The van der Waals surface area contributed by atoms with Gasteiger partial charge in [0.15, 0.2) is 0 Å². The molecule has 0 atom stereocenters. The van der Waals surface area contributed by atoms with Crippen molar-refractivity contribution in [3.63, 3.8) is 0 Å². The Hall–Kier alpha value is -3.33. The van der Waals surface area contributed by atoms with Gasteiger partial charge in [0, 0.05) is 15.3 Å². The first-order valence-electron chi connectivity index (χ1n) is 10.7. The summed E-state index contributed by atoms with van der Waals surface area (Å²) in [5, 5.41) is 0. The molecule has 0 spiro atoms. The lowest BCUT2D eigenvalue weighted by Gasteiger charge is -2.21. The Labute approximate surface area is 205 Å². The van der Waals surface area contributed by atoms with Crippen molar-refractivity contribution >= 4 is 23.3 Å². The van der Waals surface area contributed by atoms with Crippen LogP contribution >= 0.6 is 11.3 Å². The van der Waals surface area contributed by atoms with Crippen molar-refractivity contribution in [3.8, 4) is 16.2 Å². The summed E-state index contributed by atoms with van der Waals surface area (Å²) in [6.45, 7) is 4.81. The number of carbonyl (C=O) groups excluding carboxylic acids is 2. The first-order valence-corrected chi connectivity index (χ1v) is 11.5. The Bertz CT molecular complexity index is 1190. The topological polar surface area (TPSA) is 61.8 Å². The fourth-order valence-electron chi connectivity index (χ4n) is 3.12. The number of methoxy groups -OCH3 is 1. The summed E-state index contributed by atoms with van der Waals surface area (Å²) in [5.74, 6) is -0.677. The molecule has 1 aromatic heterocycles. The molecule has 0 fully saturated rings. The molecular formula is C26H25F3O5S. The van der Waals surface area contributed by atoms with E-state index in [4.69, 9.17) is 9.47 Å². The first-order chi connectivity index (χ1) is 16.4. The molecule has 0 bridgehead atoms. The highest BCUT2D eigenvalue weighted by molar-refractivity contribution is 7.15. The molecule has 3 rings (SSSR count). The van der Waals surface area contributed by atoms with E-state index >= 15 is 0 Å². The Morgan fingerprint density at radius 1 is 0.943 bits per heavy atom. The molecular weight excluding hydrogens is 481 g/mol. The van der Waals surface area contributed by atoms with Crippen LogP contribution in [0.3, 0.4) is 0 Å². The van der Waals surface area contributed by atoms with Crippen molar-refractivity contribution in [2.24, 2.45) is 0 Å². The predicted molar refractivity (Wildman–Crippen MR) is 126 cm³/mol. The minimum Gasteiger partial charge on any atom is -0.489 e. The SMILES string of the molecule is COC(=O)Cc1ccc(-c2ccc(OCc3ccc(C(F)(F)F)cc3C(=O)OC(C)(C)C)cc2)s1. The lowest BCUT2D eigenvalue weighted by atomic mass is 10.0. The Morgan fingerprint density at radius 2 is 1.63 bits per heavy atom. The summed E-state index contributed by atoms with van der Waals surface area (Å²) in [6.07, 6.45) is -4.39. The van der Waals surface area contributed by atoms with E-state index in [0.29, 0.717) is 5.75 Å². The molecule has 0 aliphatic carbocycles. The molecule has 186 valence electrons. The van der Waals surface area contributed by atoms with E-state index in [9.17, 15) is 22.8 Å². The Kier molecular flexibility index (Phi) is 7.90. The van der Waals surface area contributed by atoms with Gasteiger partial charge in [-0.05, 0) is 74.9 Å². The number of thiophene rings is 1. The predicted octanol–water partition coefficient (Wildman–Crippen LogP) is 6.68. The molecule has 0 amide bonds. The molecule has 35 heavy (non-hydrogen) atoms. The van der Waals surface area contributed by atoms with E-state index in [1.54, 1.807) is 32.9 Å². The summed E-state index contributed by atoms with van der Waals surface area (Å²) < 4.78 is 55.3. The van der Waals surface area contributed by atoms with Crippen LogP contribution in [0.5, 0.6) is 5.75 Å². The zero-order chi connectivity index (χ0) is 25.8. The molecule has 9 heteroatoms.